The summed E-state index contributed by atoms with van der Waals surface area (Å²) in [7, 11) is 0. The Labute approximate surface area is 123 Å². The van der Waals surface area contributed by atoms with Crippen LogP contribution in [-0.4, -0.2) is 21.2 Å². The lowest BCUT2D eigenvalue weighted by molar-refractivity contribution is 0.0697. The summed E-state index contributed by atoms with van der Waals surface area (Å²) < 4.78 is 13.3. The maximum atomic E-state index is 13.3. The van der Waals surface area contributed by atoms with Crippen LogP contribution in [0.3, 0.4) is 0 Å². The third kappa shape index (κ3) is 2.39. The summed E-state index contributed by atoms with van der Waals surface area (Å²) in [6.45, 7) is 0. The van der Waals surface area contributed by atoms with Crippen molar-refractivity contribution in [2.45, 2.75) is 0 Å². The van der Waals surface area contributed by atoms with Gasteiger partial charge >= 0.3 is 5.97 Å². The van der Waals surface area contributed by atoms with Crippen molar-refractivity contribution in [3.8, 4) is 5.88 Å². The first-order valence-corrected chi connectivity index (χ1v) is 6.30. The Morgan fingerprint density at radius 1 is 1.14 bits per heavy atom. The SMILES string of the molecule is O=C(O)c1ccccc1N=Nc1c(O)[nH]c2ccc(F)cc12. The number of aromatic hydroxyl groups is 1. The summed E-state index contributed by atoms with van der Waals surface area (Å²) in [4.78, 5) is 13.7. The molecule has 0 fully saturated rings. The minimum atomic E-state index is -1.14. The van der Waals surface area contributed by atoms with Crippen molar-refractivity contribution in [2.75, 3.05) is 0 Å². The van der Waals surface area contributed by atoms with Crippen LogP contribution >= 0.6 is 0 Å². The van der Waals surface area contributed by atoms with Crippen LogP contribution in [0.5, 0.6) is 5.88 Å². The number of halogens is 1. The molecule has 22 heavy (non-hydrogen) atoms. The number of aromatic carboxylic acids is 1. The van der Waals surface area contributed by atoms with E-state index in [2.05, 4.69) is 15.2 Å². The van der Waals surface area contributed by atoms with Crippen molar-refractivity contribution in [2.24, 2.45) is 10.2 Å². The Hall–Kier alpha value is -3.22. The molecule has 0 spiro atoms. The molecule has 0 aliphatic carbocycles. The Bertz CT molecular complexity index is 902. The molecule has 0 aliphatic rings. The van der Waals surface area contributed by atoms with E-state index in [-0.39, 0.29) is 22.8 Å². The van der Waals surface area contributed by atoms with Crippen LogP contribution in [0.2, 0.25) is 0 Å². The Morgan fingerprint density at radius 2 is 1.91 bits per heavy atom. The predicted octanol–water partition coefficient (Wildman–Crippen LogP) is 4.13. The molecule has 0 saturated heterocycles. The molecule has 6 nitrogen and oxygen atoms in total. The van der Waals surface area contributed by atoms with Gasteiger partial charge in [0.2, 0.25) is 5.88 Å². The predicted molar refractivity (Wildman–Crippen MR) is 77.5 cm³/mol. The summed E-state index contributed by atoms with van der Waals surface area (Å²) in [5, 5.41) is 27.0. The molecule has 3 rings (SSSR count). The lowest BCUT2D eigenvalue weighted by Crippen LogP contribution is -1.95. The number of rotatable bonds is 3. The number of azo groups is 1. The first-order valence-electron chi connectivity index (χ1n) is 6.30. The van der Waals surface area contributed by atoms with E-state index < -0.39 is 11.8 Å². The molecular weight excluding hydrogens is 289 g/mol. The van der Waals surface area contributed by atoms with Gasteiger partial charge in [-0.1, -0.05) is 12.1 Å². The van der Waals surface area contributed by atoms with Gasteiger partial charge in [0, 0.05) is 5.39 Å². The van der Waals surface area contributed by atoms with E-state index in [1.807, 2.05) is 0 Å². The van der Waals surface area contributed by atoms with Gasteiger partial charge in [-0.25, -0.2) is 9.18 Å². The number of benzene rings is 2. The highest BCUT2D eigenvalue weighted by molar-refractivity contribution is 5.95. The molecule has 2 aromatic carbocycles. The highest BCUT2D eigenvalue weighted by atomic mass is 19.1. The molecule has 0 atom stereocenters. The summed E-state index contributed by atoms with van der Waals surface area (Å²) in [5.41, 5.74) is 0.672. The molecule has 3 N–H and O–H groups in total. The van der Waals surface area contributed by atoms with E-state index in [0.717, 1.165) is 0 Å². The van der Waals surface area contributed by atoms with Gasteiger partial charge in [0.25, 0.3) is 0 Å². The minimum absolute atomic E-state index is 0.0169. The molecule has 0 radical (unpaired) electrons. The molecule has 1 heterocycles. The Kier molecular flexibility index (Phi) is 3.30. The number of nitrogens with one attached hydrogen (secondary N) is 1. The minimum Gasteiger partial charge on any atom is -0.493 e. The first kappa shape index (κ1) is 13.7. The highest BCUT2D eigenvalue weighted by Gasteiger charge is 2.12. The third-order valence-electron chi connectivity index (χ3n) is 3.11. The zero-order valence-electron chi connectivity index (χ0n) is 11.1. The average Bonchev–Trinajstić information content (AvgIpc) is 2.80. The van der Waals surface area contributed by atoms with Crippen LogP contribution in [0, 0.1) is 5.82 Å². The second-order valence-electron chi connectivity index (χ2n) is 4.53. The zero-order valence-corrected chi connectivity index (χ0v) is 11.1. The second-order valence-corrected chi connectivity index (χ2v) is 4.53. The van der Waals surface area contributed by atoms with Crippen molar-refractivity contribution in [1.29, 1.82) is 0 Å². The van der Waals surface area contributed by atoms with E-state index in [0.29, 0.717) is 10.9 Å². The molecule has 110 valence electrons. The van der Waals surface area contributed by atoms with E-state index in [9.17, 15) is 14.3 Å². The number of hydrogen-bond donors (Lipinski definition) is 3. The Morgan fingerprint density at radius 3 is 2.68 bits per heavy atom. The number of fused-ring (bicyclic) bond motifs is 1. The third-order valence-corrected chi connectivity index (χ3v) is 3.11. The molecule has 3 aromatic rings. The van der Waals surface area contributed by atoms with Gasteiger partial charge in [-0.3, -0.25) is 0 Å². The fourth-order valence-corrected chi connectivity index (χ4v) is 2.08. The topological polar surface area (TPSA) is 98.0 Å². The van der Waals surface area contributed by atoms with E-state index >= 15 is 0 Å². The summed E-state index contributed by atoms with van der Waals surface area (Å²) >= 11 is 0. The molecule has 1 aromatic heterocycles. The lowest BCUT2D eigenvalue weighted by atomic mass is 10.2. The molecule has 0 aliphatic heterocycles. The largest absolute Gasteiger partial charge is 0.493 e. The first-order chi connectivity index (χ1) is 10.6. The summed E-state index contributed by atoms with van der Waals surface area (Å²) in [6, 6.07) is 10.00. The van der Waals surface area contributed by atoms with Crippen LogP contribution in [0.4, 0.5) is 15.8 Å². The number of aromatic amines is 1. The summed E-state index contributed by atoms with van der Waals surface area (Å²) in [6.07, 6.45) is 0. The van der Waals surface area contributed by atoms with Gasteiger partial charge in [-0.15, -0.1) is 10.2 Å². The fourth-order valence-electron chi connectivity index (χ4n) is 2.08. The maximum absolute atomic E-state index is 13.3. The monoisotopic (exact) mass is 299 g/mol. The molecule has 0 amide bonds. The quantitative estimate of drug-likeness (QED) is 0.634. The number of carboxylic acid groups (broad SMARTS) is 1. The standard InChI is InChI=1S/C15H10FN3O3/c16-8-5-6-11-10(7-8)13(14(20)17-11)19-18-12-4-2-1-3-9(12)15(21)22/h1-7,17,20H,(H,21,22). The molecule has 0 bridgehead atoms. The van der Waals surface area contributed by atoms with Gasteiger partial charge in [-0.05, 0) is 30.3 Å². The number of carbonyl (C=O) groups is 1. The molecule has 0 saturated carbocycles. The number of aromatic nitrogens is 1. The number of nitrogens with zero attached hydrogens (tertiary/aromatic N) is 2. The van der Waals surface area contributed by atoms with Crippen molar-refractivity contribution in [3.63, 3.8) is 0 Å². The fraction of sp³-hybridized carbons (Fsp3) is 0. The van der Waals surface area contributed by atoms with Gasteiger partial charge in [-0.2, -0.15) is 0 Å². The smallest absolute Gasteiger partial charge is 0.337 e. The van der Waals surface area contributed by atoms with Gasteiger partial charge in [0.05, 0.1) is 11.1 Å². The van der Waals surface area contributed by atoms with Crippen LogP contribution in [0.15, 0.2) is 52.7 Å². The van der Waals surface area contributed by atoms with Crippen molar-refractivity contribution in [1.82, 2.24) is 4.98 Å². The van der Waals surface area contributed by atoms with E-state index in [4.69, 9.17) is 5.11 Å². The molecule has 0 unspecified atom stereocenters. The average molecular weight is 299 g/mol. The second kappa shape index (κ2) is 5.28. The Balaban J connectivity index is 2.09. The number of carboxylic acids is 1. The van der Waals surface area contributed by atoms with Crippen molar-refractivity contribution >= 4 is 28.2 Å². The van der Waals surface area contributed by atoms with Crippen LogP contribution in [0.1, 0.15) is 10.4 Å². The number of H-pyrrole nitrogens is 1. The van der Waals surface area contributed by atoms with Gasteiger partial charge in [0.15, 0.2) is 5.69 Å². The van der Waals surface area contributed by atoms with Gasteiger partial charge in [0.1, 0.15) is 11.5 Å². The molecule has 7 heteroatoms. The normalized spacial score (nSPS) is 11.3. The van der Waals surface area contributed by atoms with Crippen LogP contribution < -0.4 is 0 Å². The number of hydrogen-bond acceptors (Lipinski definition) is 4. The van der Waals surface area contributed by atoms with Crippen LogP contribution in [-0.2, 0) is 0 Å². The zero-order chi connectivity index (χ0) is 15.7. The molecular formula is C15H10FN3O3. The van der Waals surface area contributed by atoms with Crippen molar-refractivity contribution < 1.29 is 19.4 Å². The summed E-state index contributed by atoms with van der Waals surface area (Å²) in [5.74, 6) is -1.88. The van der Waals surface area contributed by atoms with E-state index in [1.165, 1.54) is 30.3 Å². The van der Waals surface area contributed by atoms with E-state index in [1.54, 1.807) is 12.1 Å². The highest BCUT2D eigenvalue weighted by Crippen LogP contribution is 2.36. The maximum Gasteiger partial charge on any atom is 0.337 e. The van der Waals surface area contributed by atoms with Gasteiger partial charge < -0.3 is 15.2 Å². The van der Waals surface area contributed by atoms with Crippen LogP contribution in [0.25, 0.3) is 10.9 Å². The van der Waals surface area contributed by atoms with Crippen molar-refractivity contribution in [3.05, 3.63) is 53.8 Å². The lowest BCUT2D eigenvalue weighted by Gasteiger charge is -1.98.